The molecule has 2 aromatic carbocycles. The van der Waals surface area contributed by atoms with Crippen LogP contribution in [-0.2, 0) is 11.3 Å². The van der Waals surface area contributed by atoms with E-state index in [0.717, 1.165) is 38.2 Å². The van der Waals surface area contributed by atoms with Crippen molar-refractivity contribution in [2.75, 3.05) is 25.0 Å². The van der Waals surface area contributed by atoms with Gasteiger partial charge in [-0.25, -0.2) is 0 Å². The molecule has 3 rings (SSSR count). The Bertz CT molecular complexity index is 789. The van der Waals surface area contributed by atoms with Crippen molar-refractivity contribution in [2.24, 2.45) is 5.92 Å². The third-order valence-electron chi connectivity index (χ3n) is 4.84. The summed E-state index contributed by atoms with van der Waals surface area (Å²) in [5.41, 5.74) is 1.53. The van der Waals surface area contributed by atoms with Gasteiger partial charge >= 0.3 is 0 Å². The number of amides is 1. The number of hydrogen-bond donors (Lipinski definition) is 2. The Kier molecular flexibility index (Phi) is 6.58. The van der Waals surface area contributed by atoms with Gasteiger partial charge in [-0.15, -0.1) is 0 Å². The molecule has 27 heavy (non-hydrogen) atoms. The maximum Gasteiger partial charge on any atom is 0.227 e. The molecule has 0 radical (unpaired) electrons. The van der Waals surface area contributed by atoms with Crippen LogP contribution in [0.1, 0.15) is 25.3 Å². The Hall–Kier alpha value is -2.24. The predicted molar refractivity (Wildman–Crippen MR) is 107 cm³/mol. The first kappa shape index (κ1) is 19.5. The SMILES string of the molecule is CCOc1ccccc1CN1CCC(C(=O)Nc2cc(Cl)ccc2O)CC1. The maximum atomic E-state index is 12.5. The van der Waals surface area contributed by atoms with Gasteiger partial charge in [0.1, 0.15) is 11.5 Å². The van der Waals surface area contributed by atoms with Gasteiger partial charge in [0.25, 0.3) is 0 Å². The molecule has 0 aliphatic carbocycles. The predicted octanol–water partition coefficient (Wildman–Crippen LogP) is 4.30. The van der Waals surface area contributed by atoms with E-state index >= 15 is 0 Å². The van der Waals surface area contributed by atoms with Gasteiger partial charge in [-0.1, -0.05) is 29.8 Å². The minimum atomic E-state index is -0.0678. The lowest BCUT2D eigenvalue weighted by Crippen LogP contribution is -2.37. The fourth-order valence-electron chi connectivity index (χ4n) is 3.37. The molecule has 1 aliphatic heterocycles. The first-order valence-electron chi connectivity index (χ1n) is 9.29. The topological polar surface area (TPSA) is 61.8 Å². The van der Waals surface area contributed by atoms with E-state index in [-0.39, 0.29) is 17.6 Å². The number of benzene rings is 2. The van der Waals surface area contributed by atoms with E-state index in [0.29, 0.717) is 17.3 Å². The van der Waals surface area contributed by atoms with Crippen LogP contribution in [0.2, 0.25) is 5.02 Å². The number of phenolic OH excluding ortho intramolecular Hbond substituents is 1. The monoisotopic (exact) mass is 388 g/mol. The first-order chi connectivity index (χ1) is 13.1. The third kappa shape index (κ3) is 5.15. The molecule has 6 heteroatoms. The second kappa shape index (κ2) is 9.11. The molecule has 0 aromatic heterocycles. The number of phenols is 1. The molecular formula is C21H25ClN2O3. The van der Waals surface area contributed by atoms with Gasteiger partial charge in [0, 0.05) is 23.0 Å². The summed E-state index contributed by atoms with van der Waals surface area (Å²) in [6.45, 7) is 5.15. The number of halogens is 1. The normalized spacial score (nSPS) is 15.5. The number of nitrogens with zero attached hydrogens (tertiary/aromatic N) is 1. The highest BCUT2D eigenvalue weighted by Crippen LogP contribution is 2.29. The molecule has 0 bridgehead atoms. The van der Waals surface area contributed by atoms with Crippen LogP contribution in [0.25, 0.3) is 0 Å². The second-order valence-corrected chi connectivity index (χ2v) is 7.18. The Morgan fingerprint density at radius 1 is 1.26 bits per heavy atom. The van der Waals surface area contributed by atoms with Gasteiger partial charge in [-0.2, -0.15) is 0 Å². The summed E-state index contributed by atoms with van der Waals surface area (Å²) in [6, 6.07) is 12.7. The highest BCUT2D eigenvalue weighted by Gasteiger charge is 2.26. The average molecular weight is 389 g/mol. The molecule has 5 nitrogen and oxygen atoms in total. The highest BCUT2D eigenvalue weighted by atomic mass is 35.5. The van der Waals surface area contributed by atoms with Gasteiger partial charge < -0.3 is 15.2 Å². The van der Waals surface area contributed by atoms with Crippen molar-refractivity contribution in [1.82, 2.24) is 4.90 Å². The number of hydrogen-bond acceptors (Lipinski definition) is 4. The summed E-state index contributed by atoms with van der Waals surface area (Å²) in [6.07, 6.45) is 1.56. The van der Waals surface area contributed by atoms with Gasteiger partial charge in [-0.3, -0.25) is 9.69 Å². The lowest BCUT2D eigenvalue weighted by atomic mass is 9.95. The third-order valence-corrected chi connectivity index (χ3v) is 5.08. The Balaban J connectivity index is 1.54. The summed E-state index contributed by atoms with van der Waals surface area (Å²) in [5.74, 6) is 0.817. The van der Waals surface area contributed by atoms with Crippen LogP contribution in [0.15, 0.2) is 42.5 Å². The molecule has 2 N–H and O–H groups in total. The molecule has 1 aliphatic rings. The summed E-state index contributed by atoms with van der Waals surface area (Å²) < 4.78 is 5.70. The molecule has 0 atom stereocenters. The lowest BCUT2D eigenvalue weighted by molar-refractivity contribution is -0.121. The Morgan fingerprint density at radius 2 is 2.00 bits per heavy atom. The van der Waals surface area contributed by atoms with E-state index in [2.05, 4.69) is 16.3 Å². The standard InChI is InChI=1S/C21H25ClN2O3/c1-2-27-20-6-4-3-5-16(20)14-24-11-9-15(10-12-24)21(26)23-18-13-17(22)7-8-19(18)25/h3-8,13,15,25H,2,9-12,14H2,1H3,(H,23,26). The maximum absolute atomic E-state index is 12.5. The number of rotatable bonds is 6. The van der Waals surface area contributed by atoms with E-state index in [1.807, 2.05) is 25.1 Å². The smallest absolute Gasteiger partial charge is 0.227 e. The second-order valence-electron chi connectivity index (χ2n) is 6.74. The minimum absolute atomic E-state index is 0.0257. The number of carbonyl (C=O) groups excluding carboxylic acids is 1. The van der Waals surface area contributed by atoms with Crippen LogP contribution in [0.3, 0.4) is 0 Å². The molecule has 1 heterocycles. The minimum Gasteiger partial charge on any atom is -0.506 e. The molecule has 0 spiro atoms. The van der Waals surface area contributed by atoms with E-state index in [4.69, 9.17) is 16.3 Å². The number of para-hydroxylation sites is 1. The number of likely N-dealkylation sites (tertiary alicyclic amines) is 1. The molecule has 1 fully saturated rings. The molecule has 1 amide bonds. The van der Waals surface area contributed by atoms with Crippen molar-refractivity contribution in [3.8, 4) is 11.5 Å². The molecule has 0 saturated carbocycles. The summed E-state index contributed by atoms with van der Waals surface area (Å²) in [7, 11) is 0. The van der Waals surface area contributed by atoms with Crippen molar-refractivity contribution in [2.45, 2.75) is 26.3 Å². The largest absolute Gasteiger partial charge is 0.506 e. The lowest BCUT2D eigenvalue weighted by Gasteiger charge is -2.31. The van der Waals surface area contributed by atoms with Gasteiger partial charge in [0.2, 0.25) is 5.91 Å². The van der Waals surface area contributed by atoms with Crippen LogP contribution in [0, 0.1) is 5.92 Å². The summed E-state index contributed by atoms with van der Waals surface area (Å²) in [4.78, 5) is 14.9. The van der Waals surface area contributed by atoms with E-state index < -0.39 is 0 Å². The molecule has 144 valence electrons. The first-order valence-corrected chi connectivity index (χ1v) is 9.67. The molecule has 1 saturated heterocycles. The zero-order valence-electron chi connectivity index (χ0n) is 15.5. The number of ether oxygens (including phenoxy) is 1. The van der Waals surface area contributed by atoms with Crippen LogP contribution in [-0.4, -0.2) is 35.6 Å². The van der Waals surface area contributed by atoms with Crippen LogP contribution >= 0.6 is 11.6 Å². The average Bonchev–Trinajstić information content (AvgIpc) is 2.67. The van der Waals surface area contributed by atoms with Crippen LogP contribution < -0.4 is 10.1 Å². The van der Waals surface area contributed by atoms with Gasteiger partial charge in [-0.05, 0) is 57.1 Å². The van der Waals surface area contributed by atoms with Gasteiger partial charge in [0.15, 0.2) is 0 Å². The number of aromatic hydroxyl groups is 1. The Labute approximate surface area is 164 Å². The van der Waals surface area contributed by atoms with Crippen molar-refractivity contribution >= 4 is 23.2 Å². The van der Waals surface area contributed by atoms with Gasteiger partial charge in [0.05, 0.1) is 12.3 Å². The fraction of sp³-hybridized carbons (Fsp3) is 0.381. The van der Waals surface area contributed by atoms with E-state index in [1.165, 1.54) is 11.6 Å². The number of anilines is 1. The molecule has 2 aromatic rings. The molecule has 0 unspecified atom stereocenters. The highest BCUT2D eigenvalue weighted by molar-refractivity contribution is 6.31. The zero-order chi connectivity index (χ0) is 19.2. The van der Waals surface area contributed by atoms with Crippen molar-refractivity contribution in [1.29, 1.82) is 0 Å². The summed E-state index contributed by atoms with van der Waals surface area (Å²) >= 11 is 5.94. The number of carbonyl (C=O) groups is 1. The van der Waals surface area contributed by atoms with Crippen molar-refractivity contribution in [3.05, 3.63) is 53.1 Å². The van der Waals surface area contributed by atoms with Crippen LogP contribution in [0.4, 0.5) is 5.69 Å². The Morgan fingerprint density at radius 3 is 2.74 bits per heavy atom. The summed E-state index contributed by atoms with van der Waals surface area (Å²) in [5, 5.41) is 13.1. The van der Waals surface area contributed by atoms with E-state index in [9.17, 15) is 9.90 Å². The van der Waals surface area contributed by atoms with Crippen molar-refractivity contribution < 1.29 is 14.6 Å². The van der Waals surface area contributed by atoms with Crippen molar-refractivity contribution in [3.63, 3.8) is 0 Å². The zero-order valence-corrected chi connectivity index (χ0v) is 16.2. The van der Waals surface area contributed by atoms with E-state index in [1.54, 1.807) is 12.1 Å². The molecular weight excluding hydrogens is 364 g/mol. The number of piperidine rings is 1. The van der Waals surface area contributed by atoms with Crippen LogP contribution in [0.5, 0.6) is 11.5 Å². The quantitative estimate of drug-likeness (QED) is 0.724. The fourth-order valence-corrected chi connectivity index (χ4v) is 3.54. The number of nitrogens with one attached hydrogen (secondary N) is 1.